The van der Waals surface area contributed by atoms with Crippen LogP contribution in [0.1, 0.15) is 84.5 Å². The van der Waals surface area contributed by atoms with Crippen LogP contribution < -0.4 is 5.73 Å². The molecule has 18 heavy (non-hydrogen) atoms. The van der Waals surface area contributed by atoms with E-state index in [1.807, 2.05) is 0 Å². The number of nitrogens with two attached hydrogens (primary N) is 1. The van der Waals surface area contributed by atoms with Gasteiger partial charge in [-0.05, 0) is 13.3 Å². The van der Waals surface area contributed by atoms with Crippen LogP contribution in [0.15, 0.2) is 0 Å². The summed E-state index contributed by atoms with van der Waals surface area (Å²) in [5, 5.41) is 9.29. The van der Waals surface area contributed by atoms with Crippen molar-refractivity contribution in [3.63, 3.8) is 0 Å². The topological polar surface area (TPSA) is 63.3 Å². The molecule has 0 aromatic carbocycles. The fourth-order valence-corrected chi connectivity index (χ4v) is 2.12. The molecular formula is C15H31NO2. The van der Waals surface area contributed by atoms with Crippen molar-refractivity contribution in [2.45, 2.75) is 90.2 Å². The standard InChI is InChI=1S/C15H31NO2/c1-3-4-5-6-7-8-9-10-11-12-14(17)13-15(2,16)18/h18H,3-13,16H2,1-2H3. The van der Waals surface area contributed by atoms with E-state index in [2.05, 4.69) is 6.92 Å². The number of hydrogen-bond acceptors (Lipinski definition) is 3. The van der Waals surface area contributed by atoms with Crippen molar-refractivity contribution in [3.8, 4) is 0 Å². The fraction of sp³-hybridized carbons (Fsp3) is 0.933. The second-order valence-electron chi connectivity index (χ2n) is 5.65. The van der Waals surface area contributed by atoms with Gasteiger partial charge >= 0.3 is 0 Å². The maximum Gasteiger partial charge on any atom is 0.137 e. The Labute approximate surface area is 112 Å². The van der Waals surface area contributed by atoms with Crippen molar-refractivity contribution in [3.05, 3.63) is 0 Å². The highest BCUT2D eigenvalue weighted by Crippen LogP contribution is 2.12. The van der Waals surface area contributed by atoms with Crippen LogP contribution in [0.2, 0.25) is 0 Å². The van der Waals surface area contributed by atoms with E-state index in [0.29, 0.717) is 6.42 Å². The smallest absolute Gasteiger partial charge is 0.137 e. The maximum atomic E-state index is 11.4. The van der Waals surface area contributed by atoms with Gasteiger partial charge in [-0.15, -0.1) is 0 Å². The van der Waals surface area contributed by atoms with Gasteiger partial charge in [0.05, 0.1) is 0 Å². The van der Waals surface area contributed by atoms with E-state index in [1.165, 1.54) is 51.9 Å². The Hall–Kier alpha value is -0.410. The Kier molecular flexibility index (Phi) is 10.3. The molecule has 3 N–H and O–H groups in total. The van der Waals surface area contributed by atoms with Crippen LogP contribution in [0.5, 0.6) is 0 Å². The molecule has 0 rings (SSSR count). The molecule has 3 nitrogen and oxygen atoms in total. The van der Waals surface area contributed by atoms with Gasteiger partial charge in [-0.1, -0.05) is 58.3 Å². The molecule has 0 aliphatic rings. The summed E-state index contributed by atoms with van der Waals surface area (Å²) >= 11 is 0. The lowest BCUT2D eigenvalue weighted by molar-refractivity contribution is -0.123. The number of hydrogen-bond donors (Lipinski definition) is 2. The molecule has 0 amide bonds. The van der Waals surface area contributed by atoms with Crippen molar-refractivity contribution in [2.75, 3.05) is 0 Å². The number of carbonyl (C=O) groups is 1. The molecule has 0 aliphatic carbocycles. The van der Waals surface area contributed by atoms with Gasteiger partial charge < -0.3 is 10.8 Å². The molecule has 0 aromatic heterocycles. The number of rotatable bonds is 12. The van der Waals surface area contributed by atoms with Gasteiger partial charge in [-0.2, -0.15) is 0 Å². The third-order valence-corrected chi connectivity index (χ3v) is 3.11. The largest absolute Gasteiger partial charge is 0.376 e. The third kappa shape index (κ3) is 13.7. The van der Waals surface area contributed by atoms with Crippen LogP contribution in [0.3, 0.4) is 0 Å². The molecule has 0 saturated heterocycles. The number of ketones is 1. The van der Waals surface area contributed by atoms with Gasteiger partial charge in [0.1, 0.15) is 11.5 Å². The molecule has 0 spiro atoms. The van der Waals surface area contributed by atoms with Gasteiger partial charge in [0, 0.05) is 12.8 Å². The summed E-state index contributed by atoms with van der Waals surface area (Å²) in [6, 6.07) is 0. The first-order chi connectivity index (χ1) is 8.45. The second kappa shape index (κ2) is 10.5. The van der Waals surface area contributed by atoms with Crippen LogP contribution >= 0.6 is 0 Å². The minimum Gasteiger partial charge on any atom is -0.376 e. The van der Waals surface area contributed by atoms with Crippen LogP contribution in [0.25, 0.3) is 0 Å². The highest BCUT2D eigenvalue weighted by Gasteiger charge is 2.17. The Morgan fingerprint density at radius 2 is 1.44 bits per heavy atom. The maximum absolute atomic E-state index is 11.4. The Balaban J connectivity index is 3.23. The number of aliphatic hydroxyl groups is 1. The average Bonchev–Trinajstić information content (AvgIpc) is 2.24. The van der Waals surface area contributed by atoms with Gasteiger partial charge in [0.15, 0.2) is 0 Å². The first-order valence-electron chi connectivity index (χ1n) is 7.48. The van der Waals surface area contributed by atoms with E-state index in [9.17, 15) is 9.90 Å². The van der Waals surface area contributed by atoms with E-state index in [4.69, 9.17) is 5.73 Å². The first kappa shape index (κ1) is 17.6. The third-order valence-electron chi connectivity index (χ3n) is 3.11. The second-order valence-corrected chi connectivity index (χ2v) is 5.65. The number of carbonyl (C=O) groups excluding carboxylic acids is 1. The number of Topliss-reactive ketones (excluding diaryl/α,β-unsaturated/α-hetero) is 1. The highest BCUT2D eigenvalue weighted by atomic mass is 16.3. The lowest BCUT2D eigenvalue weighted by Gasteiger charge is -2.15. The quantitative estimate of drug-likeness (QED) is 0.415. The molecule has 0 fully saturated rings. The zero-order valence-electron chi connectivity index (χ0n) is 12.2. The van der Waals surface area contributed by atoms with Crippen molar-refractivity contribution >= 4 is 5.78 Å². The predicted molar refractivity (Wildman–Crippen MR) is 76.3 cm³/mol. The Bertz CT molecular complexity index is 209. The van der Waals surface area contributed by atoms with Gasteiger partial charge in [-0.3, -0.25) is 4.79 Å². The Morgan fingerprint density at radius 3 is 1.89 bits per heavy atom. The van der Waals surface area contributed by atoms with Crippen molar-refractivity contribution in [1.29, 1.82) is 0 Å². The summed E-state index contributed by atoms with van der Waals surface area (Å²) in [6.45, 7) is 3.71. The summed E-state index contributed by atoms with van der Waals surface area (Å²) in [6.07, 6.45) is 11.9. The molecular weight excluding hydrogens is 226 g/mol. The van der Waals surface area contributed by atoms with E-state index in [1.54, 1.807) is 0 Å². The van der Waals surface area contributed by atoms with Crippen molar-refractivity contribution in [1.82, 2.24) is 0 Å². The summed E-state index contributed by atoms with van der Waals surface area (Å²) in [5.41, 5.74) is 4.04. The van der Waals surface area contributed by atoms with Crippen LogP contribution in [-0.2, 0) is 4.79 Å². The van der Waals surface area contributed by atoms with Gasteiger partial charge in [0.25, 0.3) is 0 Å². The monoisotopic (exact) mass is 257 g/mol. The molecule has 0 saturated carbocycles. The Morgan fingerprint density at radius 1 is 1.00 bits per heavy atom. The molecule has 0 bridgehead atoms. The molecule has 0 aromatic rings. The lowest BCUT2D eigenvalue weighted by atomic mass is 10.0. The molecule has 0 radical (unpaired) electrons. The van der Waals surface area contributed by atoms with Crippen molar-refractivity contribution in [2.24, 2.45) is 5.73 Å². The molecule has 1 atom stereocenters. The summed E-state index contributed by atoms with van der Waals surface area (Å²) < 4.78 is 0. The van der Waals surface area contributed by atoms with E-state index >= 15 is 0 Å². The normalized spacial score (nSPS) is 14.4. The first-order valence-corrected chi connectivity index (χ1v) is 7.48. The molecule has 1 unspecified atom stereocenters. The highest BCUT2D eigenvalue weighted by molar-refractivity contribution is 5.79. The summed E-state index contributed by atoms with van der Waals surface area (Å²) in [7, 11) is 0. The fourth-order valence-electron chi connectivity index (χ4n) is 2.12. The lowest BCUT2D eigenvalue weighted by Crippen LogP contribution is -2.37. The summed E-state index contributed by atoms with van der Waals surface area (Å²) in [5.74, 6) is 0.0745. The minimum atomic E-state index is -1.34. The zero-order chi connectivity index (χ0) is 13.9. The summed E-state index contributed by atoms with van der Waals surface area (Å²) in [4.78, 5) is 11.4. The van der Waals surface area contributed by atoms with E-state index in [-0.39, 0.29) is 12.2 Å². The van der Waals surface area contributed by atoms with Crippen LogP contribution in [0, 0.1) is 0 Å². The van der Waals surface area contributed by atoms with Crippen LogP contribution in [0.4, 0.5) is 0 Å². The molecule has 108 valence electrons. The van der Waals surface area contributed by atoms with Gasteiger partial charge in [0.2, 0.25) is 0 Å². The SMILES string of the molecule is CCCCCCCCCCCC(=O)CC(C)(N)O. The van der Waals surface area contributed by atoms with E-state index < -0.39 is 5.72 Å². The van der Waals surface area contributed by atoms with E-state index in [0.717, 1.165) is 12.8 Å². The van der Waals surface area contributed by atoms with Crippen LogP contribution in [-0.4, -0.2) is 16.6 Å². The zero-order valence-corrected chi connectivity index (χ0v) is 12.2. The average molecular weight is 257 g/mol. The van der Waals surface area contributed by atoms with Gasteiger partial charge in [-0.25, -0.2) is 0 Å². The minimum absolute atomic E-state index is 0.0734. The molecule has 0 aliphatic heterocycles. The molecule has 3 heteroatoms. The number of unbranched alkanes of at least 4 members (excludes halogenated alkanes) is 8. The molecule has 0 heterocycles. The predicted octanol–water partition coefficient (Wildman–Crippen LogP) is 3.53. The van der Waals surface area contributed by atoms with Crippen molar-refractivity contribution < 1.29 is 9.90 Å².